The molecule has 1 atom stereocenters. The van der Waals surface area contributed by atoms with E-state index in [9.17, 15) is 36.2 Å². The quantitative estimate of drug-likeness (QED) is 0.320. The van der Waals surface area contributed by atoms with Gasteiger partial charge in [0.2, 0.25) is 5.91 Å². The molecule has 0 spiro atoms. The summed E-state index contributed by atoms with van der Waals surface area (Å²) in [5.74, 6) is -0.125. The van der Waals surface area contributed by atoms with Crippen molar-refractivity contribution in [3.8, 4) is 11.1 Å². The zero-order valence-electron chi connectivity index (χ0n) is 23.1. The molecule has 0 bridgehead atoms. The van der Waals surface area contributed by atoms with Crippen molar-refractivity contribution < 1.29 is 36.2 Å². The molecule has 5 nitrogen and oxygen atoms in total. The van der Waals surface area contributed by atoms with Crippen molar-refractivity contribution in [3.63, 3.8) is 0 Å². The van der Waals surface area contributed by atoms with Crippen molar-refractivity contribution in [1.82, 2.24) is 4.98 Å². The van der Waals surface area contributed by atoms with Crippen LogP contribution in [0.2, 0.25) is 0 Å². The first-order valence-corrected chi connectivity index (χ1v) is 13.1. The minimum absolute atomic E-state index is 0.0463. The van der Waals surface area contributed by atoms with Crippen LogP contribution in [0.1, 0.15) is 48.9 Å². The number of benzene rings is 2. The number of anilines is 2. The van der Waals surface area contributed by atoms with Crippen molar-refractivity contribution in [2.45, 2.75) is 57.4 Å². The minimum atomic E-state index is -5.04. The highest BCUT2D eigenvalue weighted by Crippen LogP contribution is 2.41. The highest BCUT2D eigenvalue weighted by molar-refractivity contribution is 6.03. The molecule has 2 aromatic carbocycles. The normalized spacial score (nSPS) is 16.3. The fourth-order valence-corrected chi connectivity index (χ4v) is 5.25. The third-order valence-electron chi connectivity index (χ3n) is 7.70. The van der Waals surface area contributed by atoms with Crippen molar-refractivity contribution in [3.05, 3.63) is 77.0 Å². The molecule has 1 aromatic heterocycles. The summed E-state index contributed by atoms with van der Waals surface area (Å²) >= 11 is 0. The van der Waals surface area contributed by atoms with Crippen LogP contribution < -0.4 is 9.80 Å². The maximum atomic E-state index is 13.9. The van der Waals surface area contributed by atoms with E-state index in [1.165, 1.54) is 32.0 Å². The molecule has 220 valence electrons. The van der Waals surface area contributed by atoms with Gasteiger partial charge in [-0.05, 0) is 74.6 Å². The molecule has 0 saturated carbocycles. The molecule has 1 unspecified atom stereocenters. The Labute approximate surface area is 234 Å². The summed E-state index contributed by atoms with van der Waals surface area (Å²) in [4.78, 5) is 21.6. The van der Waals surface area contributed by atoms with Crippen LogP contribution >= 0.6 is 0 Å². The molecular formula is C30H31F6N3O2. The van der Waals surface area contributed by atoms with Crippen molar-refractivity contribution >= 4 is 17.4 Å². The largest absolute Gasteiger partial charge is 0.416 e. The lowest BCUT2D eigenvalue weighted by atomic mass is 9.81. The number of likely N-dealkylation sites (N-methyl/N-ethyl adjacent to an activating group) is 1. The van der Waals surface area contributed by atoms with Crippen molar-refractivity contribution in [2.75, 3.05) is 30.0 Å². The lowest BCUT2D eigenvalue weighted by Gasteiger charge is -2.32. The van der Waals surface area contributed by atoms with E-state index < -0.39 is 40.4 Å². The van der Waals surface area contributed by atoms with Gasteiger partial charge in [0.15, 0.2) is 0 Å². The number of pyridine rings is 1. The fraction of sp³-hybridized carbons (Fsp3) is 0.400. The summed E-state index contributed by atoms with van der Waals surface area (Å²) in [5, 5.41) is 9.82. The third kappa shape index (κ3) is 6.05. The van der Waals surface area contributed by atoms with Gasteiger partial charge in [-0.1, -0.05) is 24.3 Å². The molecule has 1 fully saturated rings. The van der Waals surface area contributed by atoms with Gasteiger partial charge >= 0.3 is 12.4 Å². The summed E-state index contributed by atoms with van der Waals surface area (Å²) < 4.78 is 81.3. The summed E-state index contributed by atoms with van der Waals surface area (Å²) in [5.41, 5.74) is -2.54. The molecule has 0 radical (unpaired) electrons. The van der Waals surface area contributed by atoms with E-state index in [2.05, 4.69) is 4.98 Å². The van der Waals surface area contributed by atoms with E-state index in [4.69, 9.17) is 0 Å². The van der Waals surface area contributed by atoms with Crippen LogP contribution in [0, 0.1) is 6.92 Å². The molecular weight excluding hydrogens is 548 g/mol. The van der Waals surface area contributed by atoms with Crippen LogP contribution in [0.25, 0.3) is 11.1 Å². The first kappa shape index (κ1) is 30.4. The van der Waals surface area contributed by atoms with Gasteiger partial charge in [0.1, 0.15) is 5.82 Å². The number of aliphatic hydroxyl groups excluding tert-OH is 1. The standard InChI is InChI=1S/C30H31F6N3O2/c1-18-8-5-6-10-23(18)24-15-26(39-11-7-9-22(39)17-40)37-16-25(24)38(4)27(41)28(2,3)19-12-20(29(31,32)33)14-21(13-19)30(34,35)36/h5-6,8,10,12-16,22,40H,7,9,11,17H2,1-4H3. The number of aromatic nitrogens is 1. The third-order valence-corrected chi connectivity index (χ3v) is 7.70. The van der Waals surface area contributed by atoms with Gasteiger partial charge in [-0.15, -0.1) is 0 Å². The average Bonchev–Trinajstić information content (AvgIpc) is 3.40. The number of carbonyl (C=O) groups is 1. The summed E-state index contributed by atoms with van der Waals surface area (Å²) in [7, 11) is 1.42. The van der Waals surface area contributed by atoms with E-state index in [0.29, 0.717) is 35.7 Å². The summed E-state index contributed by atoms with van der Waals surface area (Å²) in [6, 6.07) is 10.3. The molecule has 3 aromatic rings. The van der Waals surface area contributed by atoms with Gasteiger partial charge < -0.3 is 14.9 Å². The highest BCUT2D eigenvalue weighted by Gasteiger charge is 2.41. The number of hydrogen-bond donors (Lipinski definition) is 1. The van der Waals surface area contributed by atoms with E-state index in [1.807, 2.05) is 36.1 Å². The van der Waals surface area contributed by atoms with E-state index in [-0.39, 0.29) is 18.7 Å². The van der Waals surface area contributed by atoms with Crippen LogP contribution in [0.5, 0.6) is 0 Å². The molecule has 1 N–H and O–H groups in total. The van der Waals surface area contributed by atoms with Gasteiger partial charge in [0.25, 0.3) is 0 Å². The van der Waals surface area contributed by atoms with Crippen LogP contribution in [-0.2, 0) is 22.6 Å². The van der Waals surface area contributed by atoms with Gasteiger partial charge in [0.05, 0.1) is 41.1 Å². The number of hydrogen-bond acceptors (Lipinski definition) is 4. The van der Waals surface area contributed by atoms with E-state index >= 15 is 0 Å². The Hall–Kier alpha value is -3.60. The number of alkyl halides is 6. The molecule has 2 heterocycles. The van der Waals surface area contributed by atoms with E-state index in [1.54, 1.807) is 6.07 Å². The minimum Gasteiger partial charge on any atom is -0.394 e. The molecule has 4 rings (SSSR count). The van der Waals surface area contributed by atoms with Crippen LogP contribution in [0.4, 0.5) is 37.8 Å². The Morgan fingerprint density at radius 1 is 0.976 bits per heavy atom. The van der Waals surface area contributed by atoms with Crippen molar-refractivity contribution in [2.24, 2.45) is 0 Å². The van der Waals surface area contributed by atoms with Gasteiger partial charge in [-0.2, -0.15) is 26.3 Å². The van der Waals surface area contributed by atoms with Gasteiger partial charge in [0, 0.05) is 19.2 Å². The monoisotopic (exact) mass is 579 g/mol. The number of rotatable bonds is 6. The predicted molar refractivity (Wildman–Crippen MR) is 145 cm³/mol. The van der Waals surface area contributed by atoms with E-state index in [0.717, 1.165) is 24.0 Å². The first-order valence-electron chi connectivity index (χ1n) is 13.1. The van der Waals surface area contributed by atoms with Gasteiger partial charge in [-0.25, -0.2) is 4.98 Å². The highest BCUT2D eigenvalue weighted by atomic mass is 19.4. The Morgan fingerprint density at radius 2 is 1.56 bits per heavy atom. The maximum Gasteiger partial charge on any atom is 0.416 e. The van der Waals surface area contributed by atoms with Crippen LogP contribution in [-0.4, -0.2) is 42.2 Å². The number of aliphatic hydroxyl groups is 1. The number of halogens is 6. The Kier molecular flexibility index (Phi) is 8.14. The van der Waals surface area contributed by atoms with Crippen LogP contribution in [0.3, 0.4) is 0 Å². The lowest BCUT2D eigenvalue weighted by molar-refractivity contribution is -0.143. The number of aryl methyl sites for hydroxylation is 1. The topological polar surface area (TPSA) is 56.7 Å². The fourth-order valence-electron chi connectivity index (χ4n) is 5.25. The zero-order chi connectivity index (χ0) is 30.3. The second-order valence-electron chi connectivity index (χ2n) is 10.8. The number of amides is 1. The molecule has 0 aliphatic carbocycles. The lowest BCUT2D eigenvalue weighted by Crippen LogP contribution is -2.42. The molecule has 11 heteroatoms. The molecule has 1 saturated heterocycles. The maximum absolute atomic E-state index is 13.9. The first-order chi connectivity index (χ1) is 19.1. The number of carbonyl (C=O) groups excluding carboxylic acids is 1. The molecule has 41 heavy (non-hydrogen) atoms. The second-order valence-corrected chi connectivity index (χ2v) is 10.8. The molecule has 1 aliphatic rings. The number of nitrogens with zero attached hydrogens (tertiary/aromatic N) is 3. The Morgan fingerprint density at radius 3 is 2.12 bits per heavy atom. The predicted octanol–water partition coefficient (Wildman–Crippen LogP) is 7.00. The Balaban J connectivity index is 1.82. The van der Waals surface area contributed by atoms with Gasteiger partial charge in [-0.3, -0.25) is 4.79 Å². The SMILES string of the molecule is Cc1ccccc1-c1cc(N2CCCC2CO)ncc1N(C)C(=O)C(C)(C)c1cc(C(F)(F)F)cc(C(F)(F)F)c1. The summed E-state index contributed by atoms with van der Waals surface area (Å²) in [6.45, 7) is 5.12. The zero-order valence-corrected chi connectivity index (χ0v) is 23.1. The Bertz CT molecular complexity index is 1400. The molecule has 1 amide bonds. The summed E-state index contributed by atoms with van der Waals surface area (Å²) in [6.07, 6.45) is -6.94. The van der Waals surface area contributed by atoms with Crippen LogP contribution in [0.15, 0.2) is 54.7 Å². The smallest absolute Gasteiger partial charge is 0.394 e. The van der Waals surface area contributed by atoms with Crippen molar-refractivity contribution in [1.29, 1.82) is 0 Å². The average molecular weight is 580 g/mol. The second kappa shape index (κ2) is 11.0. The molecule has 1 aliphatic heterocycles.